The molecule has 3 nitrogen and oxygen atoms in total. The maximum atomic E-state index is 5.89. The van der Waals surface area contributed by atoms with E-state index in [0.29, 0.717) is 6.61 Å². The van der Waals surface area contributed by atoms with Gasteiger partial charge in [-0.1, -0.05) is 19.1 Å². The standard InChI is InChI=1S/C15H20N2O/c1-4-7-17-11-16-9-14(17)10-18-15-8-12(2)5-6-13(15)3/h5-6,8-9,11H,4,7,10H2,1-3H3. The quantitative estimate of drug-likeness (QED) is 0.805. The molecule has 0 bridgehead atoms. The maximum Gasteiger partial charge on any atom is 0.130 e. The molecule has 0 aliphatic rings. The van der Waals surface area contributed by atoms with E-state index in [-0.39, 0.29) is 0 Å². The van der Waals surface area contributed by atoms with Gasteiger partial charge in [-0.2, -0.15) is 0 Å². The van der Waals surface area contributed by atoms with E-state index in [1.807, 2.05) is 12.5 Å². The Kier molecular flexibility index (Phi) is 4.03. The van der Waals surface area contributed by atoms with Gasteiger partial charge in [-0.15, -0.1) is 0 Å². The summed E-state index contributed by atoms with van der Waals surface area (Å²) in [6, 6.07) is 6.27. The molecule has 96 valence electrons. The molecule has 3 heteroatoms. The molecule has 0 saturated heterocycles. The lowest BCUT2D eigenvalue weighted by Gasteiger charge is -2.11. The minimum atomic E-state index is 0.574. The van der Waals surface area contributed by atoms with Crippen LogP contribution in [0.15, 0.2) is 30.7 Å². The van der Waals surface area contributed by atoms with E-state index in [1.165, 1.54) is 11.1 Å². The second kappa shape index (κ2) is 5.71. The van der Waals surface area contributed by atoms with Crippen LogP contribution < -0.4 is 4.74 Å². The highest BCUT2D eigenvalue weighted by Gasteiger charge is 2.04. The van der Waals surface area contributed by atoms with Crippen molar-refractivity contribution in [2.24, 2.45) is 0 Å². The number of rotatable bonds is 5. The molecular formula is C15H20N2O. The highest BCUT2D eigenvalue weighted by Crippen LogP contribution is 2.20. The van der Waals surface area contributed by atoms with Crippen molar-refractivity contribution in [1.29, 1.82) is 0 Å². The van der Waals surface area contributed by atoms with Crippen LogP contribution in [0.25, 0.3) is 0 Å². The van der Waals surface area contributed by atoms with Crippen LogP contribution in [0.2, 0.25) is 0 Å². The number of hydrogen-bond acceptors (Lipinski definition) is 2. The number of hydrogen-bond donors (Lipinski definition) is 0. The molecule has 1 aromatic carbocycles. The molecule has 0 aliphatic carbocycles. The molecule has 0 atom stereocenters. The Morgan fingerprint density at radius 3 is 2.89 bits per heavy atom. The number of ether oxygens (including phenoxy) is 1. The molecule has 0 radical (unpaired) electrons. The SMILES string of the molecule is CCCn1cncc1COc1cc(C)ccc1C. The third-order valence-electron chi connectivity index (χ3n) is 2.98. The zero-order valence-electron chi connectivity index (χ0n) is 11.3. The minimum absolute atomic E-state index is 0.574. The van der Waals surface area contributed by atoms with Crippen molar-refractivity contribution in [2.75, 3.05) is 0 Å². The summed E-state index contributed by atoms with van der Waals surface area (Å²) in [5.74, 6) is 0.958. The lowest BCUT2D eigenvalue weighted by atomic mass is 10.1. The zero-order chi connectivity index (χ0) is 13.0. The molecule has 0 amide bonds. The average Bonchev–Trinajstić information content (AvgIpc) is 2.78. The van der Waals surface area contributed by atoms with E-state index in [9.17, 15) is 0 Å². The van der Waals surface area contributed by atoms with E-state index >= 15 is 0 Å². The van der Waals surface area contributed by atoms with Gasteiger partial charge in [0.05, 0.1) is 18.2 Å². The van der Waals surface area contributed by atoms with Gasteiger partial charge in [0.2, 0.25) is 0 Å². The van der Waals surface area contributed by atoms with Crippen LogP contribution in [0, 0.1) is 13.8 Å². The van der Waals surface area contributed by atoms with Crippen molar-refractivity contribution in [3.63, 3.8) is 0 Å². The topological polar surface area (TPSA) is 27.1 Å². The lowest BCUT2D eigenvalue weighted by Crippen LogP contribution is -2.05. The molecule has 0 aliphatic heterocycles. The van der Waals surface area contributed by atoms with Crippen molar-refractivity contribution in [3.8, 4) is 5.75 Å². The van der Waals surface area contributed by atoms with Gasteiger partial charge in [-0.25, -0.2) is 4.98 Å². The van der Waals surface area contributed by atoms with Gasteiger partial charge >= 0.3 is 0 Å². The molecule has 1 heterocycles. The zero-order valence-corrected chi connectivity index (χ0v) is 11.3. The molecular weight excluding hydrogens is 224 g/mol. The van der Waals surface area contributed by atoms with Gasteiger partial charge in [0, 0.05) is 6.54 Å². The van der Waals surface area contributed by atoms with Gasteiger partial charge in [-0.3, -0.25) is 0 Å². The second-order valence-electron chi connectivity index (χ2n) is 4.64. The Morgan fingerprint density at radius 2 is 2.11 bits per heavy atom. The van der Waals surface area contributed by atoms with Crippen LogP contribution in [-0.2, 0) is 13.2 Å². The maximum absolute atomic E-state index is 5.89. The second-order valence-corrected chi connectivity index (χ2v) is 4.64. The number of imidazole rings is 1. The van der Waals surface area contributed by atoms with Gasteiger partial charge < -0.3 is 9.30 Å². The van der Waals surface area contributed by atoms with Crippen molar-refractivity contribution >= 4 is 0 Å². The molecule has 2 aromatic rings. The first-order valence-electron chi connectivity index (χ1n) is 6.39. The minimum Gasteiger partial charge on any atom is -0.487 e. The van der Waals surface area contributed by atoms with Crippen LogP contribution in [0.1, 0.15) is 30.2 Å². The summed E-state index contributed by atoms with van der Waals surface area (Å²) in [6.07, 6.45) is 4.85. The molecule has 18 heavy (non-hydrogen) atoms. The number of benzene rings is 1. The molecule has 0 unspecified atom stereocenters. The van der Waals surface area contributed by atoms with Gasteiger partial charge in [-0.05, 0) is 37.5 Å². The molecule has 2 rings (SSSR count). The van der Waals surface area contributed by atoms with Gasteiger partial charge in [0.25, 0.3) is 0 Å². The van der Waals surface area contributed by atoms with E-state index in [1.54, 1.807) is 0 Å². The normalized spacial score (nSPS) is 10.6. The van der Waals surface area contributed by atoms with Crippen LogP contribution in [0.5, 0.6) is 5.75 Å². The first-order valence-corrected chi connectivity index (χ1v) is 6.39. The van der Waals surface area contributed by atoms with Crippen molar-refractivity contribution in [3.05, 3.63) is 47.5 Å². The summed E-state index contributed by atoms with van der Waals surface area (Å²) in [4.78, 5) is 4.18. The van der Waals surface area contributed by atoms with Crippen molar-refractivity contribution in [2.45, 2.75) is 40.3 Å². The van der Waals surface area contributed by atoms with Crippen molar-refractivity contribution < 1.29 is 4.74 Å². The van der Waals surface area contributed by atoms with E-state index in [0.717, 1.165) is 24.4 Å². The van der Waals surface area contributed by atoms with Crippen LogP contribution in [0.4, 0.5) is 0 Å². The smallest absolute Gasteiger partial charge is 0.130 e. The summed E-state index contributed by atoms with van der Waals surface area (Å²) < 4.78 is 8.03. The third kappa shape index (κ3) is 2.92. The monoisotopic (exact) mass is 244 g/mol. The van der Waals surface area contributed by atoms with Gasteiger partial charge in [0.1, 0.15) is 12.4 Å². The molecule has 1 aromatic heterocycles. The Hall–Kier alpha value is -1.77. The van der Waals surface area contributed by atoms with Crippen LogP contribution >= 0.6 is 0 Å². The number of aromatic nitrogens is 2. The van der Waals surface area contributed by atoms with Crippen LogP contribution in [0.3, 0.4) is 0 Å². The highest BCUT2D eigenvalue weighted by molar-refractivity contribution is 5.36. The average molecular weight is 244 g/mol. The lowest BCUT2D eigenvalue weighted by molar-refractivity contribution is 0.292. The number of nitrogens with zero attached hydrogens (tertiary/aromatic N) is 2. The largest absolute Gasteiger partial charge is 0.487 e. The predicted molar refractivity (Wildman–Crippen MR) is 72.8 cm³/mol. The fraction of sp³-hybridized carbons (Fsp3) is 0.400. The Bertz CT molecular complexity index is 517. The molecule has 0 saturated carbocycles. The van der Waals surface area contributed by atoms with E-state index in [2.05, 4.69) is 48.5 Å². The first-order chi connectivity index (χ1) is 8.70. The van der Waals surface area contributed by atoms with Gasteiger partial charge in [0.15, 0.2) is 0 Å². The third-order valence-corrected chi connectivity index (χ3v) is 2.98. The Balaban J connectivity index is 2.06. The summed E-state index contributed by atoms with van der Waals surface area (Å²) in [7, 11) is 0. The summed E-state index contributed by atoms with van der Waals surface area (Å²) >= 11 is 0. The summed E-state index contributed by atoms with van der Waals surface area (Å²) in [5, 5.41) is 0. The molecule has 0 fully saturated rings. The van der Waals surface area contributed by atoms with E-state index in [4.69, 9.17) is 4.74 Å². The Labute approximate surface area is 108 Å². The van der Waals surface area contributed by atoms with Crippen molar-refractivity contribution in [1.82, 2.24) is 9.55 Å². The highest BCUT2D eigenvalue weighted by atomic mass is 16.5. The fourth-order valence-electron chi connectivity index (χ4n) is 1.93. The first kappa shape index (κ1) is 12.7. The number of aryl methyl sites for hydroxylation is 3. The summed E-state index contributed by atoms with van der Waals surface area (Å²) in [5.41, 5.74) is 3.51. The van der Waals surface area contributed by atoms with Crippen LogP contribution in [-0.4, -0.2) is 9.55 Å². The summed E-state index contributed by atoms with van der Waals surface area (Å²) in [6.45, 7) is 7.87. The molecule has 0 spiro atoms. The van der Waals surface area contributed by atoms with E-state index < -0.39 is 0 Å². The Morgan fingerprint density at radius 1 is 1.28 bits per heavy atom. The fourth-order valence-corrected chi connectivity index (χ4v) is 1.93. The molecule has 0 N–H and O–H groups in total. The predicted octanol–water partition coefficient (Wildman–Crippen LogP) is 3.49.